The van der Waals surface area contributed by atoms with Gasteiger partial charge in [0.2, 0.25) is 0 Å². The van der Waals surface area contributed by atoms with Crippen molar-refractivity contribution in [2.24, 2.45) is 0 Å². The van der Waals surface area contributed by atoms with Gasteiger partial charge >= 0.3 is 0 Å². The van der Waals surface area contributed by atoms with E-state index in [2.05, 4.69) is 11.1 Å². The minimum absolute atomic E-state index is 0.656. The number of aromatic amines is 1. The van der Waals surface area contributed by atoms with Crippen LogP contribution in [0.25, 0.3) is 10.8 Å². The van der Waals surface area contributed by atoms with Crippen molar-refractivity contribution in [1.82, 2.24) is 4.98 Å². The van der Waals surface area contributed by atoms with Gasteiger partial charge in [-0.15, -0.1) is 0 Å². The van der Waals surface area contributed by atoms with Gasteiger partial charge < -0.3 is 4.98 Å². The maximum atomic E-state index is 8.77. The molecule has 0 radical (unpaired) electrons. The Bertz CT molecular complexity index is 460. The number of aromatic nitrogens is 1. The standard InChI is InChI=1S/C10H8N2/c1-7-8-4-2-3-5-9(8)10(6-11)12-7/h2-5,12H,1H3. The molecule has 0 aliphatic rings. The summed E-state index contributed by atoms with van der Waals surface area (Å²) in [7, 11) is 0. The summed E-state index contributed by atoms with van der Waals surface area (Å²) in [5.41, 5.74) is 1.71. The zero-order valence-corrected chi connectivity index (χ0v) is 6.76. The summed E-state index contributed by atoms with van der Waals surface area (Å²) < 4.78 is 0. The van der Waals surface area contributed by atoms with Crippen LogP contribution in [0.15, 0.2) is 24.3 Å². The molecule has 0 saturated carbocycles. The van der Waals surface area contributed by atoms with E-state index in [1.54, 1.807) is 0 Å². The van der Waals surface area contributed by atoms with Gasteiger partial charge in [-0.3, -0.25) is 0 Å². The van der Waals surface area contributed by atoms with Gasteiger partial charge in [-0.1, -0.05) is 24.3 Å². The fraction of sp³-hybridized carbons (Fsp3) is 0.100. The van der Waals surface area contributed by atoms with Gasteiger partial charge in [0.05, 0.1) is 0 Å². The lowest BCUT2D eigenvalue weighted by molar-refractivity contribution is 1.25. The molecule has 0 fully saturated rings. The Kier molecular flexibility index (Phi) is 1.38. The van der Waals surface area contributed by atoms with Crippen LogP contribution in [0, 0.1) is 18.3 Å². The Labute approximate surface area is 70.4 Å². The van der Waals surface area contributed by atoms with E-state index in [0.717, 1.165) is 16.5 Å². The molecule has 0 aliphatic heterocycles. The number of rotatable bonds is 0. The van der Waals surface area contributed by atoms with Crippen LogP contribution in [-0.4, -0.2) is 4.98 Å². The minimum Gasteiger partial charge on any atom is -0.349 e. The fourth-order valence-corrected chi connectivity index (χ4v) is 1.44. The number of aryl methyl sites for hydroxylation is 1. The Morgan fingerprint density at radius 2 is 1.92 bits per heavy atom. The van der Waals surface area contributed by atoms with E-state index in [1.807, 2.05) is 31.2 Å². The summed E-state index contributed by atoms with van der Waals surface area (Å²) in [6, 6.07) is 10.0. The smallest absolute Gasteiger partial charge is 0.125 e. The van der Waals surface area contributed by atoms with Crippen molar-refractivity contribution in [3.05, 3.63) is 35.7 Å². The molecule has 12 heavy (non-hydrogen) atoms. The highest BCUT2D eigenvalue weighted by molar-refractivity contribution is 5.89. The van der Waals surface area contributed by atoms with E-state index in [4.69, 9.17) is 5.26 Å². The first-order valence-electron chi connectivity index (χ1n) is 3.80. The van der Waals surface area contributed by atoms with E-state index >= 15 is 0 Å². The number of H-pyrrole nitrogens is 1. The molecule has 2 aromatic rings. The Hall–Kier alpha value is -1.75. The third kappa shape index (κ3) is 0.802. The van der Waals surface area contributed by atoms with E-state index in [0.29, 0.717) is 5.69 Å². The second-order valence-corrected chi connectivity index (χ2v) is 2.78. The summed E-state index contributed by atoms with van der Waals surface area (Å²) in [6.45, 7) is 1.98. The molecule has 0 atom stereocenters. The van der Waals surface area contributed by atoms with E-state index in [9.17, 15) is 0 Å². The molecular formula is C10H8N2. The largest absolute Gasteiger partial charge is 0.349 e. The Morgan fingerprint density at radius 3 is 2.58 bits per heavy atom. The predicted molar refractivity (Wildman–Crippen MR) is 47.8 cm³/mol. The molecule has 2 rings (SSSR count). The lowest BCUT2D eigenvalue weighted by Crippen LogP contribution is -1.71. The molecule has 1 aromatic heterocycles. The third-order valence-corrected chi connectivity index (χ3v) is 2.02. The fourth-order valence-electron chi connectivity index (χ4n) is 1.44. The van der Waals surface area contributed by atoms with Crippen molar-refractivity contribution in [1.29, 1.82) is 5.26 Å². The lowest BCUT2D eigenvalue weighted by atomic mass is 10.1. The summed E-state index contributed by atoms with van der Waals surface area (Å²) in [6.07, 6.45) is 0. The van der Waals surface area contributed by atoms with Crippen molar-refractivity contribution in [3.63, 3.8) is 0 Å². The average molecular weight is 156 g/mol. The third-order valence-electron chi connectivity index (χ3n) is 2.02. The van der Waals surface area contributed by atoms with E-state index in [1.165, 1.54) is 0 Å². The summed E-state index contributed by atoms with van der Waals surface area (Å²) in [4.78, 5) is 3.04. The molecule has 2 nitrogen and oxygen atoms in total. The van der Waals surface area contributed by atoms with Crippen LogP contribution in [0.4, 0.5) is 0 Å². The Balaban J connectivity index is 2.94. The monoisotopic (exact) mass is 156 g/mol. The lowest BCUT2D eigenvalue weighted by Gasteiger charge is -1.87. The van der Waals surface area contributed by atoms with Crippen molar-refractivity contribution >= 4 is 10.8 Å². The van der Waals surface area contributed by atoms with Crippen LogP contribution >= 0.6 is 0 Å². The molecule has 0 saturated heterocycles. The molecule has 0 bridgehead atoms. The van der Waals surface area contributed by atoms with Crippen molar-refractivity contribution in [2.75, 3.05) is 0 Å². The molecule has 0 aliphatic carbocycles. The first kappa shape index (κ1) is 6.93. The molecule has 0 unspecified atom stereocenters. The quantitative estimate of drug-likeness (QED) is 0.624. The highest BCUT2D eigenvalue weighted by Gasteiger charge is 2.04. The average Bonchev–Trinajstić information content (AvgIpc) is 2.44. The SMILES string of the molecule is Cc1[nH]c(C#N)c2ccccc12. The normalized spacial score (nSPS) is 10.0. The molecular weight excluding hydrogens is 148 g/mol. The molecule has 0 amide bonds. The van der Waals surface area contributed by atoms with E-state index < -0.39 is 0 Å². The molecule has 58 valence electrons. The van der Waals surface area contributed by atoms with Gasteiger partial charge in [-0.25, -0.2) is 0 Å². The highest BCUT2D eigenvalue weighted by Crippen LogP contribution is 2.20. The second-order valence-electron chi connectivity index (χ2n) is 2.78. The van der Waals surface area contributed by atoms with Gasteiger partial charge in [0.25, 0.3) is 0 Å². The zero-order valence-electron chi connectivity index (χ0n) is 6.76. The van der Waals surface area contributed by atoms with E-state index in [-0.39, 0.29) is 0 Å². The number of nitrogens with one attached hydrogen (secondary N) is 1. The molecule has 1 heterocycles. The first-order chi connectivity index (χ1) is 5.83. The van der Waals surface area contributed by atoms with Crippen molar-refractivity contribution < 1.29 is 0 Å². The van der Waals surface area contributed by atoms with Gasteiger partial charge in [-0.2, -0.15) is 5.26 Å². The maximum Gasteiger partial charge on any atom is 0.125 e. The topological polar surface area (TPSA) is 39.6 Å². The number of benzene rings is 1. The van der Waals surface area contributed by atoms with Gasteiger partial charge in [0.15, 0.2) is 0 Å². The number of nitrogens with zero attached hydrogens (tertiary/aromatic N) is 1. The molecule has 1 aromatic carbocycles. The van der Waals surface area contributed by atoms with Crippen molar-refractivity contribution in [2.45, 2.75) is 6.92 Å². The number of hydrogen-bond donors (Lipinski definition) is 1. The van der Waals surface area contributed by atoms with Gasteiger partial charge in [0, 0.05) is 16.5 Å². The maximum absolute atomic E-state index is 8.77. The zero-order chi connectivity index (χ0) is 8.55. The molecule has 2 heteroatoms. The molecule has 0 spiro atoms. The summed E-state index contributed by atoms with van der Waals surface area (Å²) >= 11 is 0. The number of nitriles is 1. The second kappa shape index (κ2) is 2.38. The van der Waals surface area contributed by atoms with Crippen LogP contribution in [0.5, 0.6) is 0 Å². The Morgan fingerprint density at radius 1 is 1.25 bits per heavy atom. The summed E-state index contributed by atoms with van der Waals surface area (Å²) in [5.74, 6) is 0. The van der Waals surface area contributed by atoms with Crippen LogP contribution in [-0.2, 0) is 0 Å². The van der Waals surface area contributed by atoms with Crippen LogP contribution in [0.2, 0.25) is 0 Å². The summed E-state index contributed by atoms with van der Waals surface area (Å²) in [5, 5.41) is 10.9. The van der Waals surface area contributed by atoms with Gasteiger partial charge in [-0.05, 0) is 6.92 Å². The van der Waals surface area contributed by atoms with Crippen LogP contribution in [0.3, 0.4) is 0 Å². The minimum atomic E-state index is 0.656. The number of hydrogen-bond acceptors (Lipinski definition) is 1. The first-order valence-corrected chi connectivity index (χ1v) is 3.80. The molecule has 1 N–H and O–H groups in total. The van der Waals surface area contributed by atoms with Crippen molar-refractivity contribution in [3.8, 4) is 6.07 Å². The van der Waals surface area contributed by atoms with Crippen LogP contribution in [0.1, 0.15) is 11.4 Å². The highest BCUT2D eigenvalue weighted by atomic mass is 14.7. The number of fused-ring (bicyclic) bond motifs is 1. The predicted octanol–water partition coefficient (Wildman–Crippen LogP) is 2.35. The van der Waals surface area contributed by atoms with Crippen LogP contribution < -0.4 is 0 Å². The van der Waals surface area contributed by atoms with Gasteiger partial charge in [0.1, 0.15) is 11.8 Å².